The highest BCUT2D eigenvalue weighted by atomic mass is 16.2. The molecular weight excluding hydrogens is 264 g/mol. The Labute approximate surface area is 124 Å². The van der Waals surface area contributed by atoms with Gasteiger partial charge in [-0.25, -0.2) is 4.79 Å². The summed E-state index contributed by atoms with van der Waals surface area (Å²) in [6, 6.07) is 9.73. The van der Waals surface area contributed by atoms with Crippen LogP contribution in [0.3, 0.4) is 0 Å². The van der Waals surface area contributed by atoms with Crippen LogP contribution in [0.25, 0.3) is 11.3 Å². The summed E-state index contributed by atoms with van der Waals surface area (Å²) in [5.41, 5.74) is 2.85. The molecule has 3 rings (SSSR count). The number of nitrogens with one attached hydrogen (secondary N) is 2. The molecule has 2 heterocycles. The zero-order valence-corrected chi connectivity index (χ0v) is 12.0. The summed E-state index contributed by atoms with van der Waals surface area (Å²) < 4.78 is 0. The molecule has 1 saturated heterocycles. The van der Waals surface area contributed by atoms with Gasteiger partial charge in [-0.15, -0.1) is 0 Å². The lowest BCUT2D eigenvalue weighted by Gasteiger charge is -2.20. The highest BCUT2D eigenvalue weighted by Crippen LogP contribution is 2.19. The third-order valence-corrected chi connectivity index (χ3v) is 3.84. The lowest BCUT2D eigenvalue weighted by Crippen LogP contribution is -2.35. The van der Waals surface area contributed by atoms with Gasteiger partial charge in [-0.1, -0.05) is 25.0 Å². The van der Waals surface area contributed by atoms with Gasteiger partial charge in [-0.3, -0.25) is 5.10 Å². The first-order valence-corrected chi connectivity index (χ1v) is 7.49. The van der Waals surface area contributed by atoms with Crippen molar-refractivity contribution in [1.29, 1.82) is 0 Å². The molecule has 21 heavy (non-hydrogen) atoms. The molecule has 1 aromatic heterocycles. The number of benzene rings is 1. The molecule has 0 bridgehead atoms. The monoisotopic (exact) mass is 284 g/mol. The highest BCUT2D eigenvalue weighted by molar-refractivity contribution is 5.89. The Morgan fingerprint density at radius 2 is 1.76 bits per heavy atom. The van der Waals surface area contributed by atoms with Gasteiger partial charge < -0.3 is 10.2 Å². The molecule has 2 aromatic rings. The number of urea groups is 1. The summed E-state index contributed by atoms with van der Waals surface area (Å²) in [4.78, 5) is 14.1. The molecule has 1 aromatic carbocycles. The lowest BCUT2D eigenvalue weighted by atomic mass is 10.1. The molecule has 0 unspecified atom stereocenters. The van der Waals surface area contributed by atoms with Gasteiger partial charge in [-0.05, 0) is 36.6 Å². The van der Waals surface area contributed by atoms with Gasteiger partial charge in [-0.2, -0.15) is 5.10 Å². The molecule has 1 aliphatic heterocycles. The van der Waals surface area contributed by atoms with Gasteiger partial charge in [0.2, 0.25) is 0 Å². The quantitative estimate of drug-likeness (QED) is 0.886. The number of hydrogen-bond acceptors (Lipinski definition) is 2. The fourth-order valence-electron chi connectivity index (χ4n) is 2.63. The van der Waals surface area contributed by atoms with E-state index in [2.05, 4.69) is 15.5 Å². The number of nitrogens with zero attached hydrogens (tertiary/aromatic N) is 2. The van der Waals surface area contributed by atoms with Gasteiger partial charge in [0.05, 0.1) is 5.69 Å². The number of aromatic nitrogens is 2. The van der Waals surface area contributed by atoms with E-state index in [1.54, 1.807) is 6.20 Å². The molecule has 2 amide bonds. The molecule has 0 atom stereocenters. The molecule has 0 saturated carbocycles. The number of aromatic amines is 1. The van der Waals surface area contributed by atoms with Gasteiger partial charge in [0.15, 0.2) is 0 Å². The van der Waals surface area contributed by atoms with E-state index in [4.69, 9.17) is 0 Å². The summed E-state index contributed by atoms with van der Waals surface area (Å²) in [5, 5.41) is 9.84. The summed E-state index contributed by atoms with van der Waals surface area (Å²) in [6.07, 6.45) is 6.38. The van der Waals surface area contributed by atoms with E-state index in [1.807, 2.05) is 35.2 Å². The second kappa shape index (κ2) is 6.43. The van der Waals surface area contributed by atoms with Crippen LogP contribution in [0.1, 0.15) is 25.7 Å². The molecule has 0 spiro atoms. The van der Waals surface area contributed by atoms with Crippen molar-refractivity contribution < 1.29 is 4.79 Å². The van der Waals surface area contributed by atoms with E-state index in [0.717, 1.165) is 42.9 Å². The van der Waals surface area contributed by atoms with Crippen LogP contribution < -0.4 is 5.32 Å². The first-order chi connectivity index (χ1) is 10.3. The van der Waals surface area contributed by atoms with E-state index in [9.17, 15) is 4.79 Å². The van der Waals surface area contributed by atoms with Crippen molar-refractivity contribution >= 4 is 11.7 Å². The number of anilines is 1. The maximum Gasteiger partial charge on any atom is 0.321 e. The fraction of sp³-hybridized carbons (Fsp3) is 0.375. The number of amides is 2. The van der Waals surface area contributed by atoms with Crippen LogP contribution >= 0.6 is 0 Å². The molecule has 110 valence electrons. The predicted octanol–water partition coefficient (Wildman–Crippen LogP) is 3.48. The van der Waals surface area contributed by atoms with Gasteiger partial charge in [0.1, 0.15) is 0 Å². The topological polar surface area (TPSA) is 61.0 Å². The van der Waals surface area contributed by atoms with E-state index in [0.29, 0.717) is 0 Å². The minimum Gasteiger partial charge on any atom is -0.325 e. The standard InChI is InChI=1S/C16H20N4O/c21-16(20-11-3-1-2-4-12-20)18-14-7-5-13(6-8-14)15-9-10-17-19-15/h5-10H,1-4,11-12H2,(H,17,19)(H,18,21). The lowest BCUT2D eigenvalue weighted by molar-refractivity contribution is 0.214. The summed E-state index contributed by atoms with van der Waals surface area (Å²) in [7, 11) is 0. The van der Waals surface area contributed by atoms with Crippen molar-refractivity contribution in [2.75, 3.05) is 18.4 Å². The third-order valence-electron chi connectivity index (χ3n) is 3.84. The number of carbonyl (C=O) groups excluding carboxylic acids is 1. The van der Waals surface area contributed by atoms with Gasteiger partial charge >= 0.3 is 6.03 Å². The van der Waals surface area contributed by atoms with Crippen LogP contribution in [0.5, 0.6) is 0 Å². The third kappa shape index (κ3) is 3.42. The van der Waals surface area contributed by atoms with E-state index in [1.165, 1.54) is 12.8 Å². The zero-order chi connectivity index (χ0) is 14.5. The van der Waals surface area contributed by atoms with Crippen molar-refractivity contribution in [2.45, 2.75) is 25.7 Å². The molecule has 0 radical (unpaired) electrons. The highest BCUT2D eigenvalue weighted by Gasteiger charge is 2.15. The van der Waals surface area contributed by atoms with Gasteiger partial charge in [0.25, 0.3) is 0 Å². The molecule has 2 N–H and O–H groups in total. The number of H-pyrrole nitrogens is 1. The Morgan fingerprint density at radius 3 is 2.38 bits per heavy atom. The van der Waals surface area contributed by atoms with Crippen molar-refractivity contribution in [2.24, 2.45) is 0 Å². The van der Waals surface area contributed by atoms with Crippen LogP contribution in [0, 0.1) is 0 Å². The maximum atomic E-state index is 12.2. The predicted molar refractivity (Wildman–Crippen MR) is 83.1 cm³/mol. The number of carbonyl (C=O) groups is 1. The summed E-state index contributed by atoms with van der Waals surface area (Å²) in [6.45, 7) is 1.72. The fourth-order valence-corrected chi connectivity index (χ4v) is 2.63. The average molecular weight is 284 g/mol. The molecule has 5 nitrogen and oxygen atoms in total. The number of rotatable bonds is 2. The number of hydrogen-bond donors (Lipinski definition) is 2. The number of likely N-dealkylation sites (tertiary alicyclic amines) is 1. The van der Waals surface area contributed by atoms with Gasteiger partial charge in [0, 0.05) is 25.0 Å². The van der Waals surface area contributed by atoms with Crippen molar-refractivity contribution in [3.05, 3.63) is 36.5 Å². The Morgan fingerprint density at radius 1 is 1.05 bits per heavy atom. The van der Waals surface area contributed by atoms with Crippen molar-refractivity contribution in [3.63, 3.8) is 0 Å². The normalized spacial score (nSPS) is 15.5. The van der Waals surface area contributed by atoms with Crippen LogP contribution in [0.4, 0.5) is 10.5 Å². The Bertz CT molecular complexity index is 569. The Kier molecular flexibility index (Phi) is 4.19. The minimum absolute atomic E-state index is 0.00573. The summed E-state index contributed by atoms with van der Waals surface area (Å²) >= 11 is 0. The second-order valence-electron chi connectivity index (χ2n) is 5.38. The zero-order valence-electron chi connectivity index (χ0n) is 12.0. The van der Waals surface area contributed by atoms with Crippen LogP contribution in [0.15, 0.2) is 36.5 Å². The van der Waals surface area contributed by atoms with Crippen LogP contribution in [-0.4, -0.2) is 34.2 Å². The SMILES string of the molecule is O=C(Nc1ccc(-c2ccn[nH]2)cc1)N1CCCCCC1. The Balaban J connectivity index is 1.63. The molecule has 1 fully saturated rings. The van der Waals surface area contributed by atoms with E-state index in [-0.39, 0.29) is 6.03 Å². The smallest absolute Gasteiger partial charge is 0.321 e. The van der Waals surface area contributed by atoms with E-state index >= 15 is 0 Å². The molecule has 1 aliphatic rings. The second-order valence-corrected chi connectivity index (χ2v) is 5.38. The molecule has 0 aliphatic carbocycles. The minimum atomic E-state index is 0.00573. The van der Waals surface area contributed by atoms with Crippen LogP contribution in [0.2, 0.25) is 0 Å². The molecular formula is C16H20N4O. The van der Waals surface area contributed by atoms with Crippen molar-refractivity contribution in [1.82, 2.24) is 15.1 Å². The summed E-state index contributed by atoms with van der Waals surface area (Å²) in [5.74, 6) is 0. The maximum absolute atomic E-state index is 12.2. The van der Waals surface area contributed by atoms with Crippen LogP contribution in [-0.2, 0) is 0 Å². The van der Waals surface area contributed by atoms with Crippen molar-refractivity contribution in [3.8, 4) is 11.3 Å². The Hall–Kier alpha value is -2.30. The van der Waals surface area contributed by atoms with E-state index < -0.39 is 0 Å². The average Bonchev–Trinajstić information content (AvgIpc) is 2.90. The molecule has 5 heteroatoms. The largest absolute Gasteiger partial charge is 0.325 e. The first-order valence-electron chi connectivity index (χ1n) is 7.49. The first kappa shape index (κ1) is 13.7.